The molecule has 1 N–H and O–H groups in total. The number of nitrogens with one attached hydrogen (secondary N) is 1. The fourth-order valence-corrected chi connectivity index (χ4v) is 1.77. The van der Waals surface area contributed by atoms with E-state index in [-0.39, 0.29) is 11.5 Å². The van der Waals surface area contributed by atoms with Gasteiger partial charge >= 0.3 is 0 Å². The minimum Gasteiger partial charge on any atom is -0.323 e. The lowest BCUT2D eigenvalue weighted by Gasteiger charge is -2.05. The van der Waals surface area contributed by atoms with Gasteiger partial charge in [0, 0.05) is 11.6 Å². The van der Waals surface area contributed by atoms with Gasteiger partial charge in [-0.05, 0) is 19.3 Å². The molecule has 0 saturated heterocycles. The molecule has 0 atom stereocenters. The van der Waals surface area contributed by atoms with Crippen LogP contribution >= 0.6 is 0 Å². The molecule has 2 rings (SSSR count). The van der Waals surface area contributed by atoms with Gasteiger partial charge in [0.2, 0.25) is 0 Å². The number of H-pyrrole nitrogens is 1. The lowest BCUT2D eigenvalue weighted by atomic mass is 10.1. The Kier molecular flexibility index (Phi) is 1.94. The van der Waals surface area contributed by atoms with Gasteiger partial charge in [-0.25, -0.2) is 0 Å². The van der Waals surface area contributed by atoms with Crippen molar-refractivity contribution in [2.24, 2.45) is 0 Å². The van der Waals surface area contributed by atoms with Crippen molar-refractivity contribution in [3.63, 3.8) is 0 Å². The summed E-state index contributed by atoms with van der Waals surface area (Å²) in [7, 11) is 0. The van der Waals surface area contributed by atoms with E-state index in [1.807, 2.05) is 13.8 Å². The van der Waals surface area contributed by atoms with Crippen LogP contribution in [0.2, 0.25) is 0 Å². The zero-order chi connectivity index (χ0) is 9.42. The van der Waals surface area contributed by atoms with Crippen LogP contribution in [0.4, 0.5) is 0 Å². The second-order valence-electron chi connectivity index (χ2n) is 3.88. The Morgan fingerprint density at radius 2 is 2.15 bits per heavy atom. The fourth-order valence-electron chi connectivity index (χ4n) is 1.77. The van der Waals surface area contributed by atoms with Gasteiger partial charge in [0.25, 0.3) is 5.56 Å². The second kappa shape index (κ2) is 2.98. The van der Waals surface area contributed by atoms with E-state index in [4.69, 9.17) is 0 Å². The van der Waals surface area contributed by atoms with E-state index in [2.05, 4.69) is 9.97 Å². The van der Waals surface area contributed by atoms with Gasteiger partial charge in [-0.15, -0.1) is 0 Å². The molecule has 0 fully saturated rings. The summed E-state index contributed by atoms with van der Waals surface area (Å²) in [6.07, 6.45) is 3.13. The van der Waals surface area contributed by atoms with Gasteiger partial charge in [-0.2, -0.15) is 0 Å². The van der Waals surface area contributed by atoms with Crippen molar-refractivity contribution in [3.05, 3.63) is 27.4 Å². The van der Waals surface area contributed by atoms with Gasteiger partial charge in [0.05, 0.1) is 5.69 Å². The molecule has 1 aliphatic rings. The smallest absolute Gasteiger partial charge is 0.270 e. The van der Waals surface area contributed by atoms with Gasteiger partial charge in [0.15, 0.2) is 0 Å². The van der Waals surface area contributed by atoms with E-state index >= 15 is 0 Å². The van der Waals surface area contributed by atoms with Gasteiger partial charge < -0.3 is 4.98 Å². The van der Waals surface area contributed by atoms with Crippen molar-refractivity contribution in [2.45, 2.75) is 39.0 Å². The molecular formula is C10H14N2O. The zero-order valence-corrected chi connectivity index (χ0v) is 8.05. The van der Waals surface area contributed by atoms with Crippen LogP contribution in [0.15, 0.2) is 4.79 Å². The Labute approximate surface area is 77.2 Å². The number of rotatable bonds is 1. The molecule has 13 heavy (non-hydrogen) atoms. The summed E-state index contributed by atoms with van der Waals surface area (Å²) < 4.78 is 0. The summed E-state index contributed by atoms with van der Waals surface area (Å²) in [5.41, 5.74) is 2.83. The highest BCUT2D eigenvalue weighted by Crippen LogP contribution is 2.17. The molecule has 1 heterocycles. The predicted octanol–water partition coefficient (Wildman–Crippen LogP) is 1.38. The van der Waals surface area contributed by atoms with Crippen LogP contribution < -0.4 is 5.56 Å². The van der Waals surface area contributed by atoms with E-state index < -0.39 is 0 Å². The first-order valence-corrected chi connectivity index (χ1v) is 4.80. The number of aromatic amines is 1. The van der Waals surface area contributed by atoms with Crippen LogP contribution in [0, 0.1) is 0 Å². The number of aromatic nitrogens is 2. The maximum absolute atomic E-state index is 11.5. The second-order valence-corrected chi connectivity index (χ2v) is 3.88. The Balaban J connectivity index is 2.56. The summed E-state index contributed by atoms with van der Waals surface area (Å²) in [5, 5.41) is 0. The van der Waals surface area contributed by atoms with E-state index in [1.54, 1.807) is 0 Å². The van der Waals surface area contributed by atoms with Crippen LogP contribution in [0.25, 0.3) is 0 Å². The maximum Gasteiger partial charge on any atom is 0.270 e. The van der Waals surface area contributed by atoms with Crippen LogP contribution in [0.3, 0.4) is 0 Å². The van der Waals surface area contributed by atoms with Crippen molar-refractivity contribution >= 4 is 0 Å². The Morgan fingerprint density at radius 3 is 2.85 bits per heavy atom. The summed E-state index contributed by atoms with van der Waals surface area (Å²) >= 11 is 0. The van der Waals surface area contributed by atoms with E-state index in [0.717, 1.165) is 30.7 Å². The first-order valence-electron chi connectivity index (χ1n) is 4.80. The Bertz CT molecular complexity index is 379. The third-order valence-corrected chi connectivity index (χ3v) is 2.49. The van der Waals surface area contributed by atoms with E-state index in [0.29, 0.717) is 5.69 Å². The van der Waals surface area contributed by atoms with Gasteiger partial charge in [-0.1, -0.05) is 13.8 Å². The molecule has 1 aliphatic carbocycles. The van der Waals surface area contributed by atoms with Crippen LogP contribution in [-0.4, -0.2) is 9.97 Å². The summed E-state index contributed by atoms with van der Waals surface area (Å²) in [5.74, 6) is 0.217. The highest BCUT2D eigenvalue weighted by atomic mass is 16.1. The molecular weight excluding hydrogens is 164 g/mol. The van der Waals surface area contributed by atoms with Crippen molar-refractivity contribution in [2.75, 3.05) is 0 Å². The lowest BCUT2D eigenvalue weighted by molar-refractivity contribution is 0.778. The molecule has 1 aromatic heterocycles. The highest BCUT2D eigenvalue weighted by Gasteiger charge is 2.16. The number of aryl methyl sites for hydroxylation is 2. The minimum atomic E-state index is -0.00403. The molecule has 0 radical (unpaired) electrons. The van der Waals surface area contributed by atoms with Crippen molar-refractivity contribution in [1.29, 1.82) is 0 Å². The quantitative estimate of drug-likeness (QED) is 0.706. The van der Waals surface area contributed by atoms with Crippen molar-refractivity contribution < 1.29 is 0 Å². The SMILES string of the molecule is CC(C)c1nc2c([nH]c1=O)CCC2. The number of nitrogens with zero attached hydrogens (tertiary/aromatic N) is 1. The molecule has 0 bridgehead atoms. The predicted molar refractivity (Wildman–Crippen MR) is 51.0 cm³/mol. The van der Waals surface area contributed by atoms with E-state index in [9.17, 15) is 4.79 Å². The Morgan fingerprint density at radius 1 is 1.38 bits per heavy atom. The van der Waals surface area contributed by atoms with E-state index in [1.165, 1.54) is 0 Å². The fraction of sp³-hybridized carbons (Fsp3) is 0.600. The molecule has 0 aliphatic heterocycles. The topological polar surface area (TPSA) is 45.8 Å². The standard InChI is InChI=1S/C10H14N2O/c1-6(2)9-10(13)12-8-5-3-4-7(8)11-9/h6H,3-5H2,1-2H3,(H,12,13). The van der Waals surface area contributed by atoms with Crippen LogP contribution in [0.5, 0.6) is 0 Å². The molecule has 1 aromatic rings. The summed E-state index contributed by atoms with van der Waals surface area (Å²) in [6.45, 7) is 4.00. The molecule has 3 nitrogen and oxygen atoms in total. The molecule has 0 spiro atoms. The molecule has 3 heteroatoms. The largest absolute Gasteiger partial charge is 0.323 e. The number of hydrogen-bond donors (Lipinski definition) is 1. The third kappa shape index (κ3) is 1.39. The first kappa shape index (κ1) is 8.48. The van der Waals surface area contributed by atoms with Crippen LogP contribution in [-0.2, 0) is 12.8 Å². The number of fused-ring (bicyclic) bond motifs is 1. The van der Waals surface area contributed by atoms with Crippen LogP contribution in [0.1, 0.15) is 43.3 Å². The lowest BCUT2D eigenvalue weighted by Crippen LogP contribution is -2.19. The normalized spacial score (nSPS) is 15.0. The van der Waals surface area contributed by atoms with Crippen molar-refractivity contribution in [3.8, 4) is 0 Å². The highest BCUT2D eigenvalue weighted by molar-refractivity contribution is 5.20. The average molecular weight is 178 g/mol. The molecule has 0 amide bonds. The summed E-state index contributed by atoms with van der Waals surface area (Å²) in [4.78, 5) is 18.8. The minimum absolute atomic E-state index is 0.00403. The average Bonchev–Trinajstić information content (AvgIpc) is 2.48. The molecule has 0 aromatic carbocycles. The number of hydrogen-bond acceptors (Lipinski definition) is 2. The zero-order valence-electron chi connectivity index (χ0n) is 8.05. The maximum atomic E-state index is 11.5. The molecule has 0 saturated carbocycles. The molecule has 0 unspecified atom stereocenters. The van der Waals surface area contributed by atoms with Crippen molar-refractivity contribution in [1.82, 2.24) is 9.97 Å². The summed E-state index contributed by atoms with van der Waals surface area (Å²) in [6, 6.07) is 0. The molecule has 70 valence electrons. The third-order valence-electron chi connectivity index (χ3n) is 2.49. The monoisotopic (exact) mass is 178 g/mol. The Hall–Kier alpha value is -1.12. The van der Waals surface area contributed by atoms with Gasteiger partial charge in [0.1, 0.15) is 5.69 Å². The van der Waals surface area contributed by atoms with Gasteiger partial charge in [-0.3, -0.25) is 9.78 Å². The first-order chi connectivity index (χ1) is 6.18.